The molecule has 6 heteroatoms. The van der Waals surface area contributed by atoms with Crippen molar-refractivity contribution in [2.24, 2.45) is 0 Å². The largest absolute Gasteiger partial charge is 0.475 e. The van der Waals surface area contributed by atoms with E-state index < -0.39 is 0 Å². The van der Waals surface area contributed by atoms with Crippen LogP contribution in [0, 0.1) is 0 Å². The summed E-state index contributed by atoms with van der Waals surface area (Å²) in [6.45, 7) is 7.27. The van der Waals surface area contributed by atoms with E-state index >= 15 is 0 Å². The van der Waals surface area contributed by atoms with Crippen LogP contribution in [0.5, 0.6) is 5.88 Å². The molecule has 1 amide bonds. The summed E-state index contributed by atoms with van der Waals surface area (Å²) >= 11 is 0. The molecule has 104 valence electrons. The van der Waals surface area contributed by atoms with Gasteiger partial charge in [0.2, 0.25) is 5.91 Å². The first-order valence-corrected chi connectivity index (χ1v) is 6.66. The lowest BCUT2D eigenvalue weighted by Crippen LogP contribution is -2.48. The molecule has 0 bridgehead atoms. The van der Waals surface area contributed by atoms with Crippen LogP contribution in [0.25, 0.3) is 0 Å². The molecule has 0 unspecified atom stereocenters. The third kappa shape index (κ3) is 3.33. The van der Waals surface area contributed by atoms with Gasteiger partial charge < -0.3 is 14.5 Å². The number of ether oxygens (including phenoxy) is 1. The molecule has 0 radical (unpaired) electrons. The summed E-state index contributed by atoms with van der Waals surface area (Å²) in [5, 5.41) is 0. The first kappa shape index (κ1) is 13.6. The van der Waals surface area contributed by atoms with Crippen LogP contribution in [-0.2, 0) is 4.79 Å². The smallest absolute Gasteiger partial charge is 0.257 e. The van der Waals surface area contributed by atoms with E-state index in [1.165, 1.54) is 0 Å². The van der Waals surface area contributed by atoms with E-state index in [0.29, 0.717) is 12.5 Å². The first-order chi connectivity index (χ1) is 9.22. The zero-order valence-corrected chi connectivity index (χ0v) is 11.5. The van der Waals surface area contributed by atoms with Gasteiger partial charge in [0.1, 0.15) is 0 Å². The molecular weight excluding hydrogens is 244 g/mol. The summed E-state index contributed by atoms with van der Waals surface area (Å²) in [5.41, 5.74) is 0. The third-order valence-electron chi connectivity index (χ3n) is 3.11. The maximum Gasteiger partial charge on any atom is 0.257 e. The number of rotatable bonds is 4. The van der Waals surface area contributed by atoms with Gasteiger partial charge in [0.25, 0.3) is 5.88 Å². The zero-order valence-electron chi connectivity index (χ0n) is 11.5. The van der Waals surface area contributed by atoms with Crippen LogP contribution in [0.3, 0.4) is 0 Å². The molecule has 1 aliphatic rings. The van der Waals surface area contributed by atoms with Gasteiger partial charge in [0, 0.05) is 45.5 Å². The molecule has 0 saturated carbocycles. The highest BCUT2D eigenvalue weighted by molar-refractivity contribution is 5.73. The van der Waals surface area contributed by atoms with Crippen LogP contribution in [0.15, 0.2) is 12.4 Å². The summed E-state index contributed by atoms with van der Waals surface area (Å²) in [6, 6.07) is 0. The van der Waals surface area contributed by atoms with Gasteiger partial charge in [0.05, 0.1) is 6.61 Å². The van der Waals surface area contributed by atoms with E-state index in [4.69, 9.17) is 4.74 Å². The molecule has 1 aromatic heterocycles. The molecule has 6 nitrogen and oxygen atoms in total. The van der Waals surface area contributed by atoms with Crippen molar-refractivity contribution < 1.29 is 9.53 Å². The maximum atomic E-state index is 11.3. The maximum absolute atomic E-state index is 11.3. The predicted molar refractivity (Wildman–Crippen MR) is 72.3 cm³/mol. The number of carbonyl (C=O) groups excluding carboxylic acids is 1. The van der Waals surface area contributed by atoms with Gasteiger partial charge in [-0.1, -0.05) is 6.92 Å². The molecule has 2 heterocycles. The Kier molecular flexibility index (Phi) is 4.54. The normalized spacial score (nSPS) is 15.5. The van der Waals surface area contributed by atoms with E-state index in [-0.39, 0.29) is 5.91 Å². The number of piperazine rings is 1. The van der Waals surface area contributed by atoms with E-state index in [2.05, 4.69) is 21.8 Å². The van der Waals surface area contributed by atoms with Crippen LogP contribution < -0.4 is 9.64 Å². The number of aromatic nitrogens is 2. The molecule has 1 fully saturated rings. The van der Waals surface area contributed by atoms with Gasteiger partial charge in [-0.05, 0) is 6.42 Å². The van der Waals surface area contributed by atoms with Crippen molar-refractivity contribution in [1.29, 1.82) is 0 Å². The van der Waals surface area contributed by atoms with Gasteiger partial charge in [-0.15, -0.1) is 0 Å². The first-order valence-electron chi connectivity index (χ1n) is 6.66. The van der Waals surface area contributed by atoms with Gasteiger partial charge in [-0.25, -0.2) is 9.97 Å². The Morgan fingerprint density at radius 3 is 2.58 bits per heavy atom. The van der Waals surface area contributed by atoms with Crippen molar-refractivity contribution in [3.8, 4) is 5.88 Å². The Bertz CT molecular complexity index is 430. The number of amides is 1. The van der Waals surface area contributed by atoms with Crippen molar-refractivity contribution in [2.45, 2.75) is 20.3 Å². The Hall–Kier alpha value is -1.85. The zero-order chi connectivity index (χ0) is 13.7. The van der Waals surface area contributed by atoms with Gasteiger partial charge in [-0.3, -0.25) is 4.79 Å². The van der Waals surface area contributed by atoms with Crippen LogP contribution in [0.2, 0.25) is 0 Å². The number of nitrogens with zero attached hydrogens (tertiary/aromatic N) is 4. The average molecular weight is 264 g/mol. The van der Waals surface area contributed by atoms with Crippen LogP contribution in [0.1, 0.15) is 20.3 Å². The molecule has 0 N–H and O–H groups in total. The van der Waals surface area contributed by atoms with Gasteiger partial charge in [-0.2, -0.15) is 0 Å². The van der Waals surface area contributed by atoms with Crippen molar-refractivity contribution >= 4 is 11.7 Å². The Labute approximate surface area is 113 Å². The monoisotopic (exact) mass is 264 g/mol. The summed E-state index contributed by atoms with van der Waals surface area (Å²) in [4.78, 5) is 23.9. The molecule has 1 saturated heterocycles. The second-order valence-corrected chi connectivity index (χ2v) is 4.53. The van der Waals surface area contributed by atoms with Crippen molar-refractivity contribution in [3.63, 3.8) is 0 Å². The summed E-state index contributed by atoms with van der Waals surface area (Å²) in [5.74, 6) is 1.49. The lowest BCUT2D eigenvalue weighted by molar-refractivity contribution is -0.129. The molecule has 19 heavy (non-hydrogen) atoms. The average Bonchev–Trinajstić information content (AvgIpc) is 2.45. The van der Waals surface area contributed by atoms with Crippen molar-refractivity contribution in [2.75, 3.05) is 37.7 Å². The third-order valence-corrected chi connectivity index (χ3v) is 3.11. The van der Waals surface area contributed by atoms with E-state index in [9.17, 15) is 4.79 Å². The van der Waals surface area contributed by atoms with Gasteiger partial charge in [0.15, 0.2) is 5.82 Å². The fourth-order valence-electron chi connectivity index (χ4n) is 2.07. The minimum atomic E-state index is 0.126. The summed E-state index contributed by atoms with van der Waals surface area (Å²) in [6.07, 6.45) is 4.25. The van der Waals surface area contributed by atoms with E-state index in [1.54, 1.807) is 19.3 Å². The molecule has 1 aliphatic heterocycles. The number of hydrogen-bond donors (Lipinski definition) is 0. The topological polar surface area (TPSA) is 58.6 Å². The lowest BCUT2D eigenvalue weighted by Gasteiger charge is -2.35. The van der Waals surface area contributed by atoms with Gasteiger partial charge >= 0.3 is 0 Å². The highest BCUT2D eigenvalue weighted by Crippen LogP contribution is 2.23. The number of hydrogen-bond acceptors (Lipinski definition) is 5. The predicted octanol–water partition coefficient (Wildman–Crippen LogP) is 0.934. The molecular formula is C13H20N4O2. The summed E-state index contributed by atoms with van der Waals surface area (Å²) < 4.78 is 5.62. The molecule has 0 aliphatic carbocycles. The standard InChI is InChI=1S/C13H20N4O2/c1-3-10-19-13-12(14-4-5-15-13)17-8-6-16(7-9-17)11(2)18/h4-5H,3,6-10H2,1-2H3. The molecule has 0 aromatic carbocycles. The minimum Gasteiger partial charge on any atom is -0.475 e. The fraction of sp³-hybridized carbons (Fsp3) is 0.615. The Balaban J connectivity index is 2.04. The number of carbonyl (C=O) groups is 1. The second kappa shape index (κ2) is 6.36. The van der Waals surface area contributed by atoms with Crippen LogP contribution in [-0.4, -0.2) is 53.6 Å². The SMILES string of the molecule is CCCOc1nccnc1N1CCN(C(C)=O)CC1. The lowest BCUT2D eigenvalue weighted by atomic mass is 10.3. The van der Waals surface area contributed by atoms with E-state index in [1.807, 2.05) is 4.90 Å². The summed E-state index contributed by atoms with van der Waals surface area (Å²) in [7, 11) is 0. The van der Waals surface area contributed by atoms with E-state index in [0.717, 1.165) is 38.4 Å². The van der Waals surface area contributed by atoms with Crippen molar-refractivity contribution in [3.05, 3.63) is 12.4 Å². The number of anilines is 1. The Morgan fingerprint density at radius 1 is 1.26 bits per heavy atom. The van der Waals surface area contributed by atoms with Crippen LogP contribution in [0.4, 0.5) is 5.82 Å². The van der Waals surface area contributed by atoms with Crippen LogP contribution >= 0.6 is 0 Å². The molecule has 0 spiro atoms. The second-order valence-electron chi connectivity index (χ2n) is 4.53. The highest BCUT2D eigenvalue weighted by Gasteiger charge is 2.22. The quantitative estimate of drug-likeness (QED) is 0.810. The fourth-order valence-corrected chi connectivity index (χ4v) is 2.07. The highest BCUT2D eigenvalue weighted by atomic mass is 16.5. The molecule has 1 aromatic rings. The molecule has 0 atom stereocenters. The Morgan fingerprint density at radius 2 is 1.95 bits per heavy atom. The minimum absolute atomic E-state index is 0.126. The van der Waals surface area contributed by atoms with Crippen molar-refractivity contribution in [1.82, 2.24) is 14.9 Å². The molecule has 2 rings (SSSR count).